The summed E-state index contributed by atoms with van der Waals surface area (Å²) in [7, 11) is 1.61. The summed E-state index contributed by atoms with van der Waals surface area (Å²) < 4.78 is 17.3. The summed E-state index contributed by atoms with van der Waals surface area (Å²) in [6.07, 6.45) is 3.70. The second kappa shape index (κ2) is 7.73. The molecule has 1 amide bonds. The maximum absolute atomic E-state index is 13.0. The lowest BCUT2D eigenvalue weighted by Gasteiger charge is -2.18. The number of carbonyl (C=O) groups excluding carboxylic acids is 1. The molecule has 0 spiro atoms. The number of nitrogens with zero attached hydrogens (tertiary/aromatic N) is 1. The molecular weight excluding hydrogens is 402 g/mol. The van der Waals surface area contributed by atoms with Gasteiger partial charge in [-0.15, -0.1) is 0 Å². The summed E-state index contributed by atoms with van der Waals surface area (Å²) in [5.41, 5.74) is 2.52. The molecule has 154 valence electrons. The highest BCUT2D eigenvalue weighted by atomic mass is 35.5. The fourth-order valence-electron chi connectivity index (χ4n) is 3.74. The van der Waals surface area contributed by atoms with Crippen molar-refractivity contribution in [2.24, 2.45) is 5.92 Å². The van der Waals surface area contributed by atoms with Gasteiger partial charge in [-0.25, -0.2) is 0 Å². The Kier molecular flexibility index (Phi) is 4.91. The number of ether oxygens (including phenoxy) is 2. The first-order valence-electron chi connectivity index (χ1n) is 10.1. The van der Waals surface area contributed by atoms with Crippen LogP contribution in [0.5, 0.6) is 11.5 Å². The summed E-state index contributed by atoms with van der Waals surface area (Å²) in [6.45, 7) is 1.14. The molecule has 30 heavy (non-hydrogen) atoms. The van der Waals surface area contributed by atoms with E-state index in [-0.39, 0.29) is 5.91 Å². The zero-order chi connectivity index (χ0) is 20.7. The molecule has 6 heteroatoms. The molecule has 5 rings (SSSR count). The molecular formula is C24H22ClNO4. The number of benzene rings is 2. The van der Waals surface area contributed by atoms with Crippen LogP contribution in [0.3, 0.4) is 0 Å². The van der Waals surface area contributed by atoms with E-state index >= 15 is 0 Å². The molecule has 1 aliphatic heterocycles. The quantitative estimate of drug-likeness (QED) is 0.471. The Bertz CT molecular complexity index is 1090. The Morgan fingerprint density at radius 3 is 2.60 bits per heavy atom. The number of fused-ring (bicyclic) bond motifs is 1. The third-order valence-electron chi connectivity index (χ3n) is 5.65. The zero-order valence-electron chi connectivity index (χ0n) is 16.7. The molecule has 0 unspecified atom stereocenters. The molecule has 1 aliphatic carbocycles. The predicted molar refractivity (Wildman–Crippen MR) is 115 cm³/mol. The maximum atomic E-state index is 13.0. The van der Waals surface area contributed by atoms with E-state index in [1.54, 1.807) is 24.1 Å². The number of amides is 1. The van der Waals surface area contributed by atoms with Gasteiger partial charge >= 0.3 is 0 Å². The molecule has 5 nitrogen and oxygen atoms in total. The van der Waals surface area contributed by atoms with Crippen molar-refractivity contribution >= 4 is 23.2 Å². The lowest BCUT2D eigenvalue weighted by Crippen LogP contribution is -2.23. The molecule has 2 aromatic carbocycles. The van der Waals surface area contributed by atoms with Crippen LogP contribution >= 0.6 is 11.6 Å². The first-order valence-corrected chi connectivity index (χ1v) is 10.5. The second-order valence-electron chi connectivity index (χ2n) is 7.78. The van der Waals surface area contributed by atoms with E-state index in [9.17, 15) is 4.79 Å². The highest BCUT2D eigenvalue weighted by Gasteiger charge is 2.33. The van der Waals surface area contributed by atoms with Crippen LogP contribution in [0.2, 0.25) is 5.02 Å². The van der Waals surface area contributed by atoms with Gasteiger partial charge in [0.05, 0.1) is 20.3 Å². The lowest BCUT2D eigenvalue weighted by atomic mass is 10.1. The maximum Gasteiger partial charge on any atom is 0.294 e. The number of hydrogen-bond donors (Lipinski definition) is 0. The van der Waals surface area contributed by atoms with Crippen LogP contribution in [-0.4, -0.2) is 19.6 Å². The standard InChI is InChI=1S/C24H22ClNO4/c1-28-22-13-19(8-9-20(22)29-11-10-15-2-3-15)26-14-17-12-21(30-23(17)24(26)27)16-4-6-18(25)7-5-16/h4-9,12-13,15H,2-3,10-11,14H2,1H3. The number of anilines is 1. The molecule has 0 atom stereocenters. The van der Waals surface area contributed by atoms with Crippen LogP contribution in [0.1, 0.15) is 35.4 Å². The summed E-state index contributed by atoms with van der Waals surface area (Å²) >= 11 is 5.95. The van der Waals surface area contributed by atoms with E-state index in [4.69, 9.17) is 25.5 Å². The summed E-state index contributed by atoms with van der Waals surface area (Å²) in [4.78, 5) is 14.7. The highest BCUT2D eigenvalue weighted by Crippen LogP contribution is 2.38. The van der Waals surface area contributed by atoms with Gasteiger partial charge in [-0.1, -0.05) is 24.4 Å². The van der Waals surface area contributed by atoms with E-state index in [1.807, 2.05) is 36.4 Å². The molecule has 0 saturated heterocycles. The number of furan rings is 1. The SMILES string of the molecule is COc1cc(N2Cc3cc(-c4ccc(Cl)cc4)oc3C2=O)ccc1OCCC1CC1. The third kappa shape index (κ3) is 3.65. The summed E-state index contributed by atoms with van der Waals surface area (Å²) in [6, 6.07) is 14.9. The van der Waals surface area contributed by atoms with Gasteiger partial charge in [-0.3, -0.25) is 4.79 Å². The first-order chi connectivity index (χ1) is 14.6. The van der Waals surface area contributed by atoms with Gasteiger partial charge < -0.3 is 18.8 Å². The smallest absolute Gasteiger partial charge is 0.294 e. The lowest BCUT2D eigenvalue weighted by molar-refractivity contribution is 0.0973. The van der Waals surface area contributed by atoms with Crippen molar-refractivity contribution in [1.82, 2.24) is 0 Å². The van der Waals surface area contributed by atoms with Crippen LogP contribution in [0.4, 0.5) is 5.69 Å². The van der Waals surface area contributed by atoms with Crippen LogP contribution in [0.15, 0.2) is 52.9 Å². The Balaban J connectivity index is 1.33. The Morgan fingerprint density at radius 1 is 1.10 bits per heavy atom. The molecule has 2 heterocycles. The fraction of sp³-hybridized carbons (Fsp3) is 0.292. The van der Waals surface area contributed by atoms with Crippen molar-refractivity contribution in [2.75, 3.05) is 18.6 Å². The monoisotopic (exact) mass is 423 g/mol. The average Bonchev–Trinajstić information content (AvgIpc) is 3.41. The summed E-state index contributed by atoms with van der Waals surface area (Å²) in [5.74, 6) is 3.04. The van der Waals surface area contributed by atoms with Gasteiger partial charge in [0.25, 0.3) is 5.91 Å². The number of carbonyl (C=O) groups is 1. The van der Waals surface area contributed by atoms with Crippen LogP contribution in [0.25, 0.3) is 11.3 Å². The molecule has 0 N–H and O–H groups in total. The second-order valence-corrected chi connectivity index (χ2v) is 8.22. The minimum Gasteiger partial charge on any atom is -0.493 e. The minimum atomic E-state index is -0.158. The number of hydrogen-bond acceptors (Lipinski definition) is 4. The van der Waals surface area contributed by atoms with E-state index in [0.717, 1.165) is 29.2 Å². The highest BCUT2D eigenvalue weighted by molar-refractivity contribution is 6.30. The molecule has 3 aromatic rings. The average molecular weight is 424 g/mol. The minimum absolute atomic E-state index is 0.158. The predicted octanol–water partition coefficient (Wildman–Crippen LogP) is 5.95. The van der Waals surface area contributed by atoms with E-state index < -0.39 is 0 Å². The molecule has 1 saturated carbocycles. The largest absolute Gasteiger partial charge is 0.493 e. The van der Waals surface area contributed by atoms with Gasteiger partial charge in [0.1, 0.15) is 5.76 Å². The Morgan fingerprint density at radius 2 is 1.90 bits per heavy atom. The van der Waals surface area contributed by atoms with Crippen molar-refractivity contribution in [1.29, 1.82) is 0 Å². The van der Waals surface area contributed by atoms with Crippen molar-refractivity contribution in [3.05, 3.63) is 64.9 Å². The molecule has 2 aliphatic rings. The van der Waals surface area contributed by atoms with Crippen LogP contribution < -0.4 is 14.4 Å². The zero-order valence-corrected chi connectivity index (χ0v) is 17.4. The molecule has 0 bridgehead atoms. The number of rotatable bonds is 7. The van der Waals surface area contributed by atoms with E-state index in [2.05, 4.69) is 0 Å². The van der Waals surface area contributed by atoms with E-state index in [0.29, 0.717) is 41.2 Å². The van der Waals surface area contributed by atoms with Crippen molar-refractivity contribution < 1.29 is 18.7 Å². The van der Waals surface area contributed by atoms with Gasteiger partial charge in [0, 0.05) is 27.9 Å². The molecule has 0 radical (unpaired) electrons. The van der Waals surface area contributed by atoms with Crippen molar-refractivity contribution in [3.8, 4) is 22.8 Å². The van der Waals surface area contributed by atoms with Crippen LogP contribution in [0, 0.1) is 5.92 Å². The fourth-order valence-corrected chi connectivity index (χ4v) is 3.87. The normalized spacial score (nSPS) is 15.4. The van der Waals surface area contributed by atoms with Gasteiger partial charge in [-0.2, -0.15) is 0 Å². The van der Waals surface area contributed by atoms with E-state index in [1.165, 1.54) is 12.8 Å². The Hall–Kier alpha value is -2.92. The van der Waals surface area contributed by atoms with Gasteiger partial charge in [0.2, 0.25) is 0 Å². The van der Waals surface area contributed by atoms with Gasteiger partial charge in [-0.05, 0) is 54.8 Å². The number of halogens is 1. The van der Waals surface area contributed by atoms with Crippen LogP contribution in [-0.2, 0) is 6.54 Å². The first kappa shape index (κ1) is 19.1. The topological polar surface area (TPSA) is 51.9 Å². The van der Waals surface area contributed by atoms with Gasteiger partial charge in [0.15, 0.2) is 17.3 Å². The summed E-state index contributed by atoms with van der Waals surface area (Å²) in [5, 5.41) is 0.661. The van der Waals surface area contributed by atoms with Crippen molar-refractivity contribution in [2.45, 2.75) is 25.8 Å². The Labute approximate surface area is 180 Å². The third-order valence-corrected chi connectivity index (χ3v) is 5.90. The number of methoxy groups -OCH3 is 1. The molecule has 1 aromatic heterocycles. The van der Waals surface area contributed by atoms with Crippen molar-refractivity contribution in [3.63, 3.8) is 0 Å². The molecule has 1 fully saturated rings.